The van der Waals surface area contributed by atoms with Gasteiger partial charge in [0, 0.05) is 0 Å². The van der Waals surface area contributed by atoms with Gasteiger partial charge in [-0.3, -0.25) is 0 Å². The maximum absolute atomic E-state index is 3.69. The Kier molecular flexibility index (Phi) is 16.1. The largest absolute Gasteiger partial charge is 1.00 e. The monoisotopic (exact) mass is 780 g/mol. The normalized spacial score (nSPS) is 11.7. The summed E-state index contributed by atoms with van der Waals surface area (Å²) >= 11 is 1.47. The van der Waals surface area contributed by atoms with Crippen LogP contribution in [0.25, 0.3) is 11.1 Å². The van der Waals surface area contributed by atoms with E-state index >= 15 is 0 Å². The van der Waals surface area contributed by atoms with Gasteiger partial charge in [0.05, 0.1) is 0 Å². The third-order valence-electron chi connectivity index (χ3n) is 9.37. The van der Waals surface area contributed by atoms with Gasteiger partial charge in [0.25, 0.3) is 0 Å². The van der Waals surface area contributed by atoms with Gasteiger partial charge in [0.1, 0.15) is 0 Å². The van der Waals surface area contributed by atoms with Gasteiger partial charge >= 0.3 is 138 Å². The second-order valence-electron chi connectivity index (χ2n) is 16.1. The van der Waals surface area contributed by atoms with E-state index in [0.29, 0.717) is 11.8 Å². The summed E-state index contributed by atoms with van der Waals surface area (Å²) in [5.41, 5.74) is 17.1. The average molecular weight is 783 g/mol. The van der Waals surface area contributed by atoms with Gasteiger partial charge in [0.2, 0.25) is 0 Å². The molecule has 0 saturated carbocycles. The molecule has 0 amide bonds. The molecule has 0 bridgehead atoms. The quantitative estimate of drug-likeness (QED) is 0.174. The van der Waals surface area contributed by atoms with Gasteiger partial charge in [-0.25, -0.2) is 12.1 Å². The molecule has 0 spiro atoms. The Morgan fingerprint density at radius 3 is 1.48 bits per heavy atom. The molecule has 0 saturated heterocycles. The van der Waals surface area contributed by atoms with Crippen LogP contribution in [-0.2, 0) is 41.5 Å². The van der Waals surface area contributed by atoms with Crippen molar-refractivity contribution in [3.63, 3.8) is 0 Å². The molecular formula is C47H56Cl2Zr-2. The molecule has 6 rings (SSSR count). The fourth-order valence-corrected chi connectivity index (χ4v) is 7.40. The first-order chi connectivity index (χ1) is 22.5. The molecule has 5 aromatic rings. The van der Waals surface area contributed by atoms with E-state index in [0.717, 1.165) is 6.42 Å². The summed E-state index contributed by atoms with van der Waals surface area (Å²) in [4.78, 5) is 0. The number of benzene rings is 4. The van der Waals surface area contributed by atoms with Crippen molar-refractivity contribution >= 4 is 3.21 Å². The Bertz CT molecular complexity index is 1670. The Morgan fingerprint density at radius 1 is 0.660 bits per heavy atom. The van der Waals surface area contributed by atoms with Crippen molar-refractivity contribution in [1.29, 1.82) is 0 Å². The number of hydrogen-bond donors (Lipinski definition) is 0. The van der Waals surface area contributed by atoms with Gasteiger partial charge in [-0.1, -0.05) is 71.6 Å². The minimum Gasteiger partial charge on any atom is -1.00 e. The Balaban J connectivity index is 0.000000295. The average Bonchev–Trinajstić information content (AvgIpc) is 3.71. The molecular weight excluding hydrogens is 727 g/mol. The van der Waals surface area contributed by atoms with E-state index in [4.69, 9.17) is 0 Å². The maximum atomic E-state index is 3.69. The minimum atomic E-state index is 0. The first-order valence-corrected chi connectivity index (χ1v) is 18.9. The van der Waals surface area contributed by atoms with Crippen molar-refractivity contribution in [3.8, 4) is 11.1 Å². The number of aryl methyl sites for hydroxylation is 2. The molecule has 0 unspecified atom stereocenters. The molecule has 1 aliphatic rings. The predicted molar refractivity (Wildman–Crippen MR) is 207 cm³/mol. The van der Waals surface area contributed by atoms with Gasteiger partial charge in [-0.15, -0.1) is 16.7 Å². The van der Waals surface area contributed by atoms with Gasteiger partial charge in [0.15, 0.2) is 0 Å². The van der Waals surface area contributed by atoms with E-state index in [1.807, 2.05) is 30.3 Å². The molecule has 50 heavy (non-hydrogen) atoms. The van der Waals surface area contributed by atoms with Crippen LogP contribution >= 0.6 is 0 Å². The maximum Gasteiger partial charge on any atom is -0.0129 e. The Hall–Kier alpha value is -2.44. The second kappa shape index (κ2) is 18.4. The SMILES string of the molecule is CC(C)c1ccc([C](=[Zr+2])c2ccc(C(C)C)cc2)cc1.Cc1[c-]c2c(cc1C(C)(C)C)-c1cc(C(C)(C)C)c(C)cc1C2.[Cl-].[Cl-].c1cc[cH-]c1. The van der Waals surface area contributed by atoms with Crippen molar-refractivity contribution in [2.45, 2.75) is 112 Å². The summed E-state index contributed by atoms with van der Waals surface area (Å²) in [6.45, 7) is 27.2. The van der Waals surface area contributed by atoms with Crippen molar-refractivity contribution in [1.82, 2.24) is 0 Å². The standard InChI is InChI=1S/C23H29.C19H22.C5H5.2ClH.Zr/c1-14-9-16-11-17-10-15(2)21(23(6,7)8)13-19(17)18(16)12-20(14)22(3,4)5;1-14(2)18-9-5-16(6-10-18)13-17-7-11-19(12-8-17)15(3)4;1-2-4-5-3-1;;;/h9,12-13H,11H2,1-8H3;5-12,14-15H,1-4H3;1-5H;2*1H;/q-1;;-1;;;+2/p-2. The predicted octanol–water partition coefficient (Wildman–Crippen LogP) is 6.73. The molecule has 0 aromatic heterocycles. The van der Waals surface area contributed by atoms with E-state index in [1.54, 1.807) is 0 Å². The molecule has 0 radical (unpaired) electrons. The van der Waals surface area contributed by atoms with Crippen molar-refractivity contribution in [2.24, 2.45) is 0 Å². The van der Waals surface area contributed by atoms with Crippen LogP contribution in [-0.4, -0.2) is 3.21 Å². The molecule has 264 valence electrons. The molecule has 0 fully saturated rings. The molecule has 0 nitrogen and oxygen atoms in total. The zero-order valence-electron chi connectivity index (χ0n) is 32.4. The van der Waals surface area contributed by atoms with Crippen LogP contribution in [0, 0.1) is 19.9 Å². The van der Waals surface area contributed by atoms with Gasteiger partial charge in [-0.05, 0) is 35.4 Å². The molecule has 0 heterocycles. The van der Waals surface area contributed by atoms with Crippen LogP contribution in [0.1, 0.15) is 137 Å². The molecule has 3 heteroatoms. The summed E-state index contributed by atoms with van der Waals surface area (Å²) < 4.78 is 1.43. The fourth-order valence-electron chi connectivity index (χ4n) is 6.58. The smallest absolute Gasteiger partial charge is 0.0129 e. The molecule has 0 aliphatic heterocycles. The van der Waals surface area contributed by atoms with Crippen LogP contribution in [0.15, 0.2) is 97.1 Å². The summed E-state index contributed by atoms with van der Waals surface area (Å²) in [5.74, 6) is 1.20. The van der Waals surface area contributed by atoms with E-state index < -0.39 is 0 Å². The summed E-state index contributed by atoms with van der Waals surface area (Å²) in [7, 11) is 0. The van der Waals surface area contributed by atoms with Crippen LogP contribution in [0.3, 0.4) is 0 Å². The van der Waals surface area contributed by atoms with Crippen LogP contribution in [0.5, 0.6) is 0 Å². The zero-order chi connectivity index (χ0) is 35.4. The third-order valence-corrected chi connectivity index (χ3v) is 10.8. The van der Waals surface area contributed by atoms with Crippen molar-refractivity contribution in [2.75, 3.05) is 0 Å². The summed E-state index contributed by atoms with van der Waals surface area (Å²) in [6.07, 6.45) is 1.03. The van der Waals surface area contributed by atoms with Crippen molar-refractivity contribution < 1.29 is 49.0 Å². The van der Waals surface area contributed by atoms with E-state index in [-0.39, 0.29) is 35.6 Å². The fraction of sp³-hybridized carbons (Fsp3) is 0.362. The third kappa shape index (κ3) is 11.0. The number of halogens is 2. The molecule has 0 N–H and O–H groups in total. The van der Waals surface area contributed by atoms with E-state index in [2.05, 4.69) is 156 Å². The van der Waals surface area contributed by atoms with Crippen LogP contribution < -0.4 is 24.8 Å². The van der Waals surface area contributed by atoms with Crippen molar-refractivity contribution in [3.05, 3.63) is 159 Å². The first kappa shape index (κ1) is 43.7. The van der Waals surface area contributed by atoms with Gasteiger partial charge < -0.3 is 24.8 Å². The minimum absolute atomic E-state index is 0. The number of hydrogen-bond acceptors (Lipinski definition) is 0. The zero-order valence-corrected chi connectivity index (χ0v) is 36.3. The van der Waals surface area contributed by atoms with E-state index in [9.17, 15) is 0 Å². The summed E-state index contributed by atoms with van der Waals surface area (Å²) in [6, 6.07) is 39.0. The second-order valence-corrected chi connectivity index (χ2v) is 17.3. The van der Waals surface area contributed by atoms with Gasteiger partial charge in [-0.2, -0.15) is 35.9 Å². The van der Waals surface area contributed by atoms with Crippen LogP contribution in [0.2, 0.25) is 0 Å². The number of rotatable bonds is 4. The molecule has 1 aliphatic carbocycles. The first-order valence-electron chi connectivity index (χ1n) is 17.6. The Labute approximate surface area is 332 Å². The number of fused-ring (bicyclic) bond motifs is 3. The molecule has 0 atom stereocenters. The Morgan fingerprint density at radius 2 is 1.10 bits per heavy atom. The summed E-state index contributed by atoms with van der Waals surface area (Å²) in [5, 5.41) is 0. The molecule has 5 aromatic carbocycles. The van der Waals surface area contributed by atoms with E-state index in [1.165, 1.54) is 94.2 Å². The van der Waals surface area contributed by atoms with Crippen LogP contribution in [0.4, 0.5) is 0 Å². The topological polar surface area (TPSA) is 0 Å².